The molecule has 0 aliphatic heterocycles. The van der Waals surface area contributed by atoms with Gasteiger partial charge in [0.1, 0.15) is 0 Å². The second kappa shape index (κ2) is 8.96. The molecule has 2 heterocycles. The smallest absolute Gasteiger partial charge is 0.0638 e. The number of aromatic nitrogens is 4. The molecule has 5 nitrogen and oxygen atoms in total. The molecule has 22 heavy (non-hydrogen) atoms. The zero-order chi connectivity index (χ0) is 15.2. The summed E-state index contributed by atoms with van der Waals surface area (Å²) >= 11 is 0. The van der Waals surface area contributed by atoms with E-state index in [2.05, 4.69) is 60.2 Å². The fourth-order valence-corrected chi connectivity index (χ4v) is 2.55. The van der Waals surface area contributed by atoms with Gasteiger partial charge in [-0.25, -0.2) is 0 Å². The van der Waals surface area contributed by atoms with Crippen molar-refractivity contribution in [1.29, 1.82) is 0 Å². The van der Waals surface area contributed by atoms with Gasteiger partial charge in [-0.3, -0.25) is 9.36 Å². The Morgan fingerprint density at radius 3 is 2.45 bits per heavy atom. The number of nitrogens with zero attached hydrogens (tertiary/aromatic N) is 4. The van der Waals surface area contributed by atoms with Crippen LogP contribution in [0.5, 0.6) is 0 Å². The first kappa shape index (κ1) is 18.7. The van der Waals surface area contributed by atoms with Gasteiger partial charge in [-0.05, 0) is 32.8 Å². The predicted octanol–water partition coefficient (Wildman–Crippen LogP) is 3.23. The van der Waals surface area contributed by atoms with Crippen molar-refractivity contribution >= 4 is 12.4 Å². The number of hydrogen-bond donors (Lipinski definition) is 1. The molecule has 1 N–H and O–H groups in total. The molecule has 2 aromatic rings. The average Bonchev–Trinajstić information content (AvgIpc) is 2.95. The van der Waals surface area contributed by atoms with Gasteiger partial charge in [-0.15, -0.1) is 12.4 Å². The van der Waals surface area contributed by atoms with E-state index in [9.17, 15) is 0 Å². The SMILES string of the molecule is CCCn1cc(CNCc2cc(C)nn2CCC)c(C)n1.Cl. The molecule has 2 aromatic heterocycles. The van der Waals surface area contributed by atoms with Crippen LogP contribution in [-0.2, 0) is 26.2 Å². The minimum Gasteiger partial charge on any atom is -0.307 e. The van der Waals surface area contributed by atoms with Gasteiger partial charge >= 0.3 is 0 Å². The van der Waals surface area contributed by atoms with E-state index in [0.29, 0.717) is 0 Å². The van der Waals surface area contributed by atoms with Crippen molar-refractivity contribution in [2.24, 2.45) is 0 Å². The van der Waals surface area contributed by atoms with Gasteiger partial charge in [-0.1, -0.05) is 13.8 Å². The molecule has 0 unspecified atom stereocenters. The predicted molar refractivity (Wildman–Crippen MR) is 92.3 cm³/mol. The molecule has 2 rings (SSSR count). The average molecular weight is 326 g/mol. The van der Waals surface area contributed by atoms with Crippen molar-refractivity contribution in [2.45, 2.75) is 66.7 Å². The zero-order valence-electron chi connectivity index (χ0n) is 14.1. The lowest BCUT2D eigenvalue weighted by Crippen LogP contribution is -2.16. The van der Waals surface area contributed by atoms with Crippen molar-refractivity contribution in [2.75, 3.05) is 0 Å². The van der Waals surface area contributed by atoms with E-state index in [1.807, 2.05) is 4.68 Å². The quantitative estimate of drug-likeness (QED) is 0.810. The van der Waals surface area contributed by atoms with E-state index in [0.717, 1.165) is 50.4 Å². The number of hydrogen-bond acceptors (Lipinski definition) is 3. The van der Waals surface area contributed by atoms with Crippen molar-refractivity contribution < 1.29 is 0 Å². The van der Waals surface area contributed by atoms with Crippen LogP contribution < -0.4 is 5.32 Å². The molecule has 0 amide bonds. The molecule has 0 spiro atoms. The van der Waals surface area contributed by atoms with E-state index < -0.39 is 0 Å². The second-order valence-electron chi connectivity index (χ2n) is 5.61. The minimum atomic E-state index is 0. The van der Waals surface area contributed by atoms with Crippen LogP contribution in [0.25, 0.3) is 0 Å². The number of aryl methyl sites for hydroxylation is 4. The van der Waals surface area contributed by atoms with E-state index in [1.54, 1.807) is 0 Å². The van der Waals surface area contributed by atoms with Crippen molar-refractivity contribution in [3.63, 3.8) is 0 Å². The maximum absolute atomic E-state index is 4.54. The summed E-state index contributed by atoms with van der Waals surface area (Å²) in [6.07, 6.45) is 4.38. The Bertz CT molecular complexity index is 573. The van der Waals surface area contributed by atoms with Crippen molar-refractivity contribution in [3.05, 3.63) is 34.9 Å². The van der Waals surface area contributed by atoms with Crippen molar-refractivity contribution in [3.8, 4) is 0 Å². The van der Waals surface area contributed by atoms with E-state index in [1.165, 1.54) is 11.3 Å². The lowest BCUT2D eigenvalue weighted by atomic mass is 10.2. The van der Waals surface area contributed by atoms with E-state index in [4.69, 9.17) is 0 Å². The lowest BCUT2D eigenvalue weighted by Gasteiger charge is -2.07. The third kappa shape index (κ3) is 4.85. The Hall–Kier alpha value is -1.33. The molecule has 0 aliphatic carbocycles. The molecule has 0 fully saturated rings. The summed E-state index contributed by atoms with van der Waals surface area (Å²) in [5.74, 6) is 0. The van der Waals surface area contributed by atoms with Crippen LogP contribution in [0.15, 0.2) is 12.3 Å². The van der Waals surface area contributed by atoms with E-state index in [-0.39, 0.29) is 12.4 Å². The van der Waals surface area contributed by atoms with Gasteiger partial charge in [-0.2, -0.15) is 10.2 Å². The summed E-state index contributed by atoms with van der Waals surface area (Å²) in [6.45, 7) is 12.2. The Labute approximate surface area is 139 Å². The Morgan fingerprint density at radius 2 is 1.77 bits per heavy atom. The van der Waals surface area contributed by atoms with Gasteiger partial charge < -0.3 is 5.32 Å². The molecule has 6 heteroatoms. The summed E-state index contributed by atoms with van der Waals surface area (Å²) in [4.78, 5) is 0. The number of rotatable bonds is 8. The topological polar surface area (TPSA) is 47.7 Å². The van der Waals surface area contributed by atoms with Crippen LogP contribution in [0.1, 0.15) is 49.3 Å². The highest BCUT2D eigenvalue weighted by atomic mass is 35.5. The zero-order valence-corrected chi connectivity index (χ0v) is 14.9. The molecule has 0 aliphatic rings. The van der Waals surface area contributed by atoms with Gasteiger partial charge in [0.2, 0.25) is 0 Å². The van der Waals surface area contributed by atoms with E-state index >= 15 is 0 Å². The molecular formula is C16H28ClN5. The first-order chi connectivity index (χ1) is 10.1. The van der Waals surface area contributed by atoms with Crippen LogP contribution >= 0.6 is 12.4 Å². The monoisotopic (exact) mass is 325 g/mol. The molecule has 0 bridgehead atoms. The molecular weight excluding hydrogens is 298 g/mol. The third-order valence-corrected chi connectivity index (χ3v) is 3.54. The molecule has 0 saturated heterocycles. The number of halogens is 1. The Kier molecular flexibility index (Phi) is 7.62. The summed E-state index contributed by atoms with van der Waals surface area (Å²) < 4.78 is 4.15. The van der Waals surface area contributed by atoms with Gasteiger partial charge in [0.15, 0.2) is 0 Å². The first-order valence-electron chi connectivity index (χ1n) is 7.91. The van der Waals surface area contributed by atoms with Gasteiger partial charge in [0.05, 0.1) is 17.1 Å². The summed E-state index contributed by atoms with van der Waals surface area (Å²) in [5, 5.41) is 12.6. The molecule has 0 atom stereocenters. The standard InChI is InChI=1S/C16H27N5.ClH/c1-5-7-20-12-15(14(4)19-20)10-17-11-16-9-13(3)18-21(16)8-6-2;/h9,12,17H,5-8,10-11H2,1-4H3;1H. The highest BCUT2D eigenvalue weighted by Gasteiger charge is 2.07. The molecule has 0 radical (unpaired) electrons. The summed E-state index contributed by atoms with van der Waals surface area (Å²) in [5.41, 5.74) is 4.75. The van der Waals surface area contributed by atoms with Crippen LogP contribution in [0.3, 0.4) is 0 Å². The normalized spacial score (nSPS) is 10.7. The highest BCUT2D eigenvalue weighted by Crippen LogP contribution is 2.08. The maximum Gasteiger partial charge on any atom is 0.0638 e. The Balaban J connectivity index is 0.00000242. The van der Waals surface area contributed by atoms with Crippen LogP contribution in [0.4, 0.5) is 0 Å². The Morgan fingerprint density at radius 1 is 1.05 bits per heavy atom. The molecule has 0 aromatic carbocycles. The van der Waals surface area contributed by atoms with Gasteiger partial charge in [0.25, 0.3) is 0 Å². The van der Waals surface area contributed by atoms with Crippen molar-refractivity contribution in [1.82, 2.24) is 24.9 Å². The lowest BCUT2D eigenvalue weighted by molar-refractivity contribution is 0.546. The van der Waals surface area contributed by atoms with Crippen LogP contribution in [0.2, 0.25) is 0 Å². The second-order valence-corrected chi connectivity index (χ2v) is 5.61. The largest absolute Gasteiger partial charge is 0.307 e. The fourth-order valence-electron chi connectivity index (χ4n) is 2.55. The fraction of sp³-hybridized carbons (Fsp3) is 0.625. The third-order valence-electron chi connectivity index (χ3n) is 3.54. The summed E-state index contributed by atoms with van der Waals surface area (Å²) in [6, 6.07) is 2.16. The molecule has 0 saturated carbocycles. The minimum absolute atomic E-state index is 0. The maximum atomic E-state index is 4.54. The highest BCUT2D eigenvalue weighted by molar-refractivity contribution is 5.85. The number of nitrogens with one attached hydrogen (secondary N) is 1. The molecule has 124 valence electrons. The first-order valence-corrected chi connectivity index (χ1v) is 7.91. The van der Waals surface area contributed by atoms with Gasteiger partial charge in [0, 0.05) is 37.9 Å². The van der Waals surface area contributed by atoms with Crippen LogP contribution in [-0.4, -0.2) is 19.6 Å². The van der Waals surface area contributed by atoms with Crippen LogP contribution in [0, 0.1) is 13.8 Å². The summed E-state index contributed by atoms with van der Waals surface area (Å²) in [7, 11) is 0.